The van der Waals surface area contributed by atoms with Crippen molar-refractivity contribution in [2.45, 2.75) is 52.2 Å². The lowest BCUT2D eigenvalue weighted by atomic mass is 9.97. The SMILES string of the molecule is CCNC(C)C(C)N1CCN(C)C(C)(C)C1. The molecule has 2 unspecified atom stereocenters. The first kappa shape index (κ1) is 13.9. The van der Waals surface area contributed by atoms with E-state index in [4.69, 9.17) is 0 Å². The van der Waals surface area contributed by atoms with E-state index in [9.17, 15) is 0 Å². The van der Waals surface area contributed by atoms with Crippen molar-refractivity contribution < 1.29 is 0 Å². The molecule has 0 aromatic rings. The molecule has 1 fully saturated rings. The lowest BCUT2D eigenvalue weighted by Crippen LogP contribution is -2.61. The summed E-state index contributed by atoms with van der Waals surface area (Å²) in [5, 5.41) is 3.53. The van der Waals surface area contributed by atoms with Crippen molar-refractivity contribution in [3.63, 3.8) is 0 Å². The van der Waals surface area contributed by atoms with Crippen LogP contribution in [0.2, 0.25) is 0 Å². The lowest BCUT2D eigenvalue weighted by Gasteiger charge is -2.48. The summed E-state index contributed by atoms with van der Waals surface area (Å²) in [4.78, 5) is 5.08. The zero-order valence-corrected chi connectivity index (χ0v) is 11.9. The van der Waals surface area contributed by atoms with E-state index in [0.29, 0.717) is 17.6 Å². The average molecular weight is 227 g/mol. The molecule has 0 aliphatic carbocycles. The summed E-state index contributed by atoms with van der Waals surface area (Å²) in [5.74, 6) is 0. The Morgan fingerprint density at radius 2 is 1.88 bits per heavy atom. The highest BCUT2D eigenvalue weighted by Crippen LogP contribution is 2.21. The second-order valence-electron chi connectivity index (χ2n) is 5.79. The van der Waals surface area contributed by atoms with Crippen LogP contribution in [0.25, 0.3) is 0 Å². The first-order valence-electron chi connectivity index (χ1n) is 6.57. The molecule has 1 N–H and O–H groups in total. The summed E-state index contributed by atoms with van der Waals surface area (Å²) >= 11 is 0. The van der Waals surface area contributed by atoms with Crippen LogP contribution in [0, 0.1) is 0 Å². The Hall–Kier alpha value is -0.120. The molecular formula is C13H29N3. The lowest BCUT2D eigenvalue weighted by molar-refractivity contribution is 0.0136. The quantitative estimate of drug-likeness (QED) is 0.783. The van der Waals surface area contributed by atoms with Gasteiger partial charge in [-0.15, -0.1) is 0 Å². The molecule has 0 spiro atoms. The number of nitrogens with zero attached hydrogens (tertiary/aromatic N) is 2. The van der Waals surface area contributed by atoms with E-state index >= 15 is 0 Å². The van der Waals surface area contributed by atoms with Gasteiger partial charge in [0.05, 0.1) is 0 Å². The van der Waals surface area contributed by atoms with E-state index < -0.39 is 0 Å². The molecule has 1 rings (SSSR count). The Labute approximate surface area is 101 Å². The Bertz CT molecular complexity index is 215. The van der Waals surface area contributed by atoms with Gasteiger partial charge in [-0.3, -0.25) is 9.80 Å². The van der Waals surface area contributed by atoms with Crippen molar-refractivity contribution in [3.05, 3.63) is 0 Å². The number of likely N-dealkylation sites (N-methyl/N-ethyl adjacent to an activating group) is 2. The summed E-state index contributed by atoms with van der Waals surface area (Å²) < 4.78 is 0. The van der Waals surface area contributed by atoms with Gasteiger partial charge in [0.2, 0.25) is 0 Å². The minimum Gasteiger partial charge on any atom is -0.313 e. The molecule has 1 heterocycles. The third-order valence-corrected chi connectivity index (χ3v) is 4.17. The Morgan fingerprint density at radius 1 is 1.25 bits per heavy atom. The van der Waals surface area contributed by atoms with Gasteiger partial charge in [0, 0.05) is 37.3 Å². The van der Waals surface area contributed by atoms with Crippen LogP contribution in [0.15, 0.2) is 0 Å². The number of rotatable bonds is 4. The van der Waals surface area contributed by atoms with Crippen molar-refractivity contribution in [1.29, 1.82) is 0 Å². The summed E-state index contributed by atoms with van der Waals surface area (Å²) in [6.07, 6.45) is 0. The van der Waals surface area contributed by atoms with Crippen LogP contribution in [-0.2, 0) is 0 Å². The number of hydrogen-bond acceptors (Lipinski definition) is 3. The largest absolute Gasteiger partial charge is 0.313 e. The molecule has 0 aromatic carbocycles. The first-order valence-corrected chi connectivity index (χ1v) is 6.57. The van der Waals surface area contributed by atoms with Crippen LogP contribution < -0.4 is 5.32 Å². The Balaban J connectivity index is 2.55. The Morgan fingerprint density at radius 3 is 2.38 bits per heavy atom. The van der Waals surface area contributed by atoms with Gasteiger partial charge in [-0.1, -0.05) is 6.92 Å². The van der Waals surface area contributed by atoms with Crippen LogP contribution >= 0.6 is 0 Å². The molecule has 0 amide bonds. The van der Waals surface area contributed by atoms with Gasteiger partial charge in [0.15, 0.2) is 0 Å². The van der Waals surface area contributed by atoms with Crippen molar-refractivity contribution in [3.8, 4) is 0 Å². The van der Waals surface area contributed by atoms with Crippen LogP contribution in [0.1, 0.15) is 34.6 Å². The number of hydrogen-bond donors (Lipinski definition) is 1. The molecular weight excluding hydrogens is 198 g/mol. The molecule has 1 aliphatic rings. The van der Waals surface area contributed by atoms with E-state index in [2.05, 4.69) is 56.8 Å². The zero-order chi connectivity index (χ0) is 12.3. The molecule has 0 aromatic heterocycles. The molecule has 1 saturated heterocycles. The minimum absolute atomic E-state index is 0.304. The Kier molecular flexibility index (Phi) is 4.77. The fourth-order valence-corrected chi connectivity index (χ4v) is 2.43. The number of nitrogens with one attached hydrogen (secondary N) is 1. The third kappa shape index (κ3) is 3.19. The maximum atomic E-state index is 3.53. The van der Waals surface area contributed by atoms with Gasteiger partial charge < -0.3 is 5.32 Å². The van der Waals surface area contributed by atoms with Crippen molar-refractivity contribution in [2.24, 2.45) is 0 Å². The monoisotopic (exact) mass is 227 g/mol. The molecule has 2 atom stereocenters. The van der Waals surface area contributed by atoms with Crippen LogP contribution in [0.3, 0.4) is 0 Å². The van der Waals surface area contributed by atoms with Crippen LogP contribution in [-0.4, -0.2) is 60.6 Å². The highest BCUT2D eigenvalue weighted by Gasteiger charge is 2.33. The van der Waals surface area contributed by atoms with Gasteiger partial charge in [0.25, 0.3) is 0 Å². The van der Waals surface area contributed by atoms with E-state index in [1.807, 2.05) is 0 Å². The van der Waals surface area contributed by atoms with E-state index in [0.717, 1.165) is 6.54 Å². The van der Waals surface area contributed by atoms with Crippen LogP contribution in [0.4, 0.5) is 0 Å². The average Bonchev–Trinajstić information content (AvgIpc) is 2.21. The first-order chi connectivity index (χ1) is 7.38. The molecule has 16 heavy (non-hydrogen) atoms. The van der Waals surface area contributed by atoms with Gasteiger partial charge in [-0.25, -0.2) is 0 Å². The zero-order valence-electron chi connectivity index (χ0n) is 11.9. The smallest absolute Gasteiger partial charge is 0.0277 e. The molecule has 0 saturated carbocycles. The van der Waals surface area contributed by atoms with E-state index in [1.54, 1.807) is 0 Å². The molecule has 1 aliphatic heterocycles. The molecule has 96 valence electrons. The topological polar surface area (TPSA) is 18.5 Å². The van der Waals surface area contributed by atoms with Gasteiger partial charge in [0.1, 0.15) is 0 Å². The second kappa shape index (κ2) is 5.48. The highest BCUT2D eigenvalue weighted by atomic mass is 15.3. The van der Waals surface area contributed by atoms with Crippen LogP contribution in [0.5, 0.6) is 0 Å². The third-order valence-electron chi connectivity index (χ3n) is 4.17. The van der Waals surface area contributed by atoms with Gasteiger partial charge >= 0.3 is 0 Å². The number of piperazine rings is 1. The predicted molar refractivity (Wildman–Crippen MR) is 70.9 cm³/mol. The fraction of sp³-hybridized carbons (Fsp3) is 1.00. The highest BCUT2D eigenvalue weighted by molar-refractivity contribution is 4.91. The second-order valence-corrected chi connectivity index (χ2v) is 5.79. The van der Waals surface area contributed by atoms with Gasteiger partial charge in [-0.2, -0.15) is 0 Å². The molecule has 3 nitrogen and oxygen atoms in total. The van der Waals surface area contributed by atoms with Crippen molar-refractivity contribution >= 4 is 0 Å². The van der Waals surface area contributed by atoms with Crippen molar-refractivity contribution in [1.82, 2.24) is 15.1 Å². The van der Waals surface area contributed by atoms with E-state index in [-0.39, 0.29) is 0 Å². The molecule has 3 heteroatoms. The predicted octanol–water partition coefficient (Wildman–Crippen LogP) is 1.40. The molecule has 0 bridgehead atoms. The molecule has 0 radical (unpaired) electrons. The minimum atomic E-state index is 0.304. The maximum Gasteiger partial charge on any atom is 0.0277 e. The summed E-state index contributed by atoms with van der Waals surface area (Å²) in [7, 11) is 2.23. The maximum absolute atomic E-state index is 3.53. The fourth-order valence-electron chi connectivity index (χ4n) is 2.43. The summed E-state index contributed by atoms with van der Waals surface area (Å²) in [6.45, 7) is 16.1. The van der Waals surface area contributed by atoms with Crippen molar-refractivity contribution in [2.75, 3.05) is 33.2 Å². The van der Waals surface area contributed by atoms with E-state index in [1.165, 1.54) is 19.6 Å². The summed E-state index contributed by atoms with van der Waals surface area (Å²) in [5.41, 5.74) is 0.304. The van der Waals surface area contributed by atoms with Gasteiger partial charge in [-0.05, 0) is 41.3 Å². The standard InChI is InChI=1S/C13H29N3/c1-7-14-11(2)12(3)16-9-8-15(6)13(4,5)10-16/h11-12,14H,7-10H2,1-6H3. The normalized spacial score (nSPS) is 26.6. The summed E-state index contributed by atoms with van der Waals surface area (Å²) in [6, 6.07) is 1.19.